The summed E-state index contributed by atoms with van der Waals surface area (Å²) in [6, 6.07) is 8.89. The molecule has 3 rings (SSSR count). The predicted octanol–water partition coefficient (Wildman–Crippen LogP) is 1.99. The van der Waals surface area contributed by atoms with E-state index in [0.717, 1.165) is 32.4 Å². The second kappa shape index (κ2) is 7.11. The van der Waals surface area contributed by atoms with Gasteiger partial charge in [-0.25, -0.2) is 4.79 Å². The van der Waals surface area contributed by atoms with Crippen LogP contribution in [0.1, 0.15) is 37.8 Å². The van der Waals surface area contributed by atoms with Crippen LogP contribution >= 0.6 is 0 Å². The number of rotatable bonds is 6. The molecule has 0 spiro atoms. The number of aliphatic hydroxyl groups excluding tert-OH is 1. The molecule has 5 nitrogen and oxygen atoms in total. The fourth-order valence-corrected chi connectivity index (χ4v) is 3.46. The Morgan fingerprint density at radius 2 is 2.04 bits per heavy atom. The molecule has 1 saturated carbocycles. The summed E-state index contributed by atoms with van der Waals surface area (Å²) in [7, 11) is 0. The molecule has 1 aliphatic heterocycles. The van der Waals surface area contributed by atoms with Crippen LogP contribution in [-0.4, -0.2) is 58.8 Å². The fourth-order valence-electron chi connectivity index (χ4n) is 3.46. The SMILES string of the molecule is CC(C)(CNC(=O)N(CCO)C1CC1)N1CCc2ccccc2C1. The lowest BCUT2D eigenvalue weighted by molar-refractivity contribution is 0.101. The minimum atomic E-state index is -0.0996. The van der Waals surface area contributed by atoms with E-state index in [4.69, 9.17) is 5.11 Å². The summed E-state index contributed by atoms with van der Waals surface area (Å²) in [6.07, 6.45) is 3.17. The number of nitrogens with zero attached hydrogens (tertiary/aromatic N) is 2. The van der Waals surface area contributed by atoms with Crippen LogP contribution in [0, 0.1) is 0 Å². The van der Waals surface area contributed by atoms with Crippen LogP contribution < -0.4 is 5.32 Å². The Morgan fingerprint density at radius 3 is 2.71 bits per heavy atom. The molecule has 1 aromatic rings. The molecule has 1 aromatic carbocycles. The van der Waals surface area contributed by atoms with Gasteiger partial charge in [-0.1, -0.05) is 24.3 Å². The van der Waals surface area contributed by atoms with Gasteiger partial charge < -0.3 is 15.3 Å². The van der Waals surface area contributed by atoms with Gasteiger partial charge in [-0.2, -0.15) is 0 Å². The van der Waals surface area contributed by atoms with Crippen LogP contribution in [0.2, 0.25) is 0 Å². The van der Waals surface area contributed by atoms with Gasteiger partial charge >= 0.3 is 6.03 Å². The quantitative estimate of drug-likeness (QED) is 0.838. The number of fused-ring (bicyclic) bond motifs is 1. The monoisotopic (exact) mass is 331 g/mol. The number of nitrogens with one attached hydrogen (secondary N) is 1. The van der Waals surface area contributed by atoms with E-state index in [0.29, 0.717) is 19.1 Å². The normalized spacial score (nSPS) is 18.1. The Morgan fingerprint density at radius 1 is 1.33 bits per heavy atom. The minimum absolute atomic E-state index is 0.0240. The van der Waals surface area contributed by atoms with Crippen molar-refractivity contribution in [2.45, 2.75) is 51.2 Å². The van der Waals surface area contributed by atoms with E-state index < -0.39 is 0 Å². The second-order valence-electron chi connectivity index (χ2n) is 7.56. The number of urea groups is 1. The van der Waals surface area contributed by atoms with E-state index in [1.54, 1.807) is 4.90 Å². The van der Waals surface area contributed by atoms with Crippen LogP contribution in [0.5, 0.6) is 0 Å². The van der Waals surface area contributed by atoms with Crippen molar-refractivity contribution in [3.63, 3.8) is 0 Å². The summed E-state index contributed by atoms with van der Waals surface area (Å²) in [5, 5.41) is 12.2. The van der Waals surface area contributed by atoms with Crippen molar-refractivity contribution in [3.05, 3.63) is 35.4 Å². The number of hydrogen-bond acceptors (Lipinski definition) is 3. The minimum Gasteiger partial charge on any atom is -0.395 e. The average Bonchev–Trinajstić information content (AvgIpc) is 3.42. The summed E-state index contributed by atoms with van der Waals surface area (Å²) in [4.78, 5) is 16.7. The molecule has 2 N–H and O–H groups in total. The number of carbonyl (C=O) groups excluding carboxylic acids is 1. The van der Waals surface area contributed by atoms with Crippen LogP contribution in [0.25, 0.3) is 0 Å². The standard InChI is InChI=1S/C19H29N3O2/c1-19(2,14-20-18(24)22(11-12-23)17-7-8-17)21-10-9-15-5-3-4-6-16(15)13-21/h3-6,17,23H,7-14H2,1-2H3,(H,20,24). The van der Waals surface area contributed by atoms with Gasteiger partial charge in [-0.05, 0) is 44.2 Å². The number of hydrogen-bond donors (Lipinski definition) is 2. The number of aliphatic hydroxyl groups is 1. The Labute approximate surface area is 144 Å². The van der Waals surface area contributed by atoms with Gasteiger partial charge in [0.15, 0.2) is 0 Å². The van der Waals surface area contributed by atoms with E-state index >= 15 is 0 Å². The van der Waals surface area contributed by atoms with Crippen LogP contribution in [0.4, 0.5) is 4.79 Å². The van der Waals surface area contributed by atoms with Crippen LogP contribution in [0.15, 0.2) is 24.3 Å². The van der Waals surface area contributed by atoms with Gasteiger partial charge in [-0.15, -0.1) is 0 Å². The lowest BCUT2D eigenvalue weighted by Gasteiger charge is -2.42. The van der Waals surface area contributed by atoms with E-state index in [1.165, 1.54) is 11.1 Å². The van der Waals surface area contributed by atoms with Gasteiger partial charge in [0, 0.05) is 37.8 Å². The van der Waals surface area contributed by atoms with Crippen molar-refractivity contribution in [1.29, 1.82) is 0 Å². The van der Waals surface area contributed by atoms with E-state index in [9.17, 15) is 4.79 Å². The highest BCUT2D eigenvalue weighted by Gasteiger charge is 2.34. The summed E-state index contributed by atoms with van der Waals surface area (Å²) in [5.41, 5.74) is 2.73. The third-order valence-electron chi connectivity index (χ3n) is 5.25. The van der Waals surface area contributed by atoms with Gasteiger partial charge in [0.05, 0.1) is 6.61 Å². The first-order chi connectivity index (χ1) is 11.5. The zero-order valence-electron chi connectivity index (χ0n) is 14.8. The Kier molecular flexibility index (Phi) is 5.11. The molecule has 1 aliphatic carbocycles. The second-order valence-corrected chi connectivity index (χ2v) is 7.56. The lowest BCUT2D eigenvalue weighted by atomic mass is 9.94. The van der Waals surface area contributed by atoms with Crippen molar-refractivity contribution in [2.75, 3.05) is 26.2 Å². The maximum absolute atomic E-state index is 12.4. The summed E-state index contributed by atoms with van der Waals surface area (Å²) in [5.74, 6) is 0. The summed E-state index contributed by atoms with van der Waals surface area (Å²) in [6.45, 7) is 7.39. The Hall–Kier alpha value is -1.59. The van der Waals surface area contributed by atoms with Crippen molar-refractivity contribution >= 4 is 6.03 Å². The molecule has 2 amide bonds. The summed E-state index contributed by atoms with van der Waals surface area (Å²) >= 11 is 0. The molecule has 0 unspecified atom stereocenters. The average molecular weight is 331 g/mol. The number of amides is 2. The first kappa shape index (κ1) is 17.2. The Balaban J connectivity index is 1.57. The highest BCUT2D eigenvalue weighted by molar-refractivity contribution is 5.75. The van der Waals surface area contributed by atoms with E-state index in [1.807, 2.05) is 0 Å². The van der Waals surface area contributed by atoms with Gasteiger partial charge in [0.1, 0.15) is 0 Å². The van der Waals surface area contributed by atoms with Gasteiger partial charge in [-0.3, -0.25) is 4.90 Å². The topological polar surface area (TPSA) is 55.8 Å². The first-order valence-corrected chi connectivity index (χ1v) is 8.98. The lowest BCUT2D eigenvalue weighted by Crippen LogP contribution is -2.55. The molecular weight excluding hydrogens is 302 g/mol. The highest BCUT2D eigenvalue weighted by atomic mass is 16.3. The van der Waals surface area contributed by atoms with Crippen molar-refractivity contribution in [1.82, 2.24) is 15.1 Å². The maximum atomic E-state index is 12.4. The molecule has 0 radical (unpaired) electrons. The molecule has 0 atom stereocenters. The third-order valence-corrected chi connectivity index (χ3v) is 5.25. The zero-order valence-corrected chi connectivity index (χ0v) is 14.8. The van der Waals surface area contributed by atoms with Crippen molar-refractivity contribution in [2.24, 2.45) is 0 Å². The highest BCUT2D eigenvalue weighted by Crippen LogP contribution is 2.27. The molecule has 2 aliphatic rings. The van der Waals surface area contributed by atoms with Crippen molar-refractivity contribution < 1.29 is 9.90 Å². The molecule has 132 valence electrons. The van der Waals surface area contributed by atoms with Gasteiger partial charge in [0.25, 0.3) is 0 Å². The van der Waals surface area contributed by atoms with Crippen LogP contribution in [0.3, 0.4) is 0 Å². The number of benzene rings is 1. The van der Waals surface area contributed by atoms with Gasteiger partial charge in [0.2, 0.25) is 0 Å². The zero-order chi connectivity index (χ0) is 17.2. The first-order valence-electron chi connectivity index (χ1n) is 8.98. The predicted molar refractivity (Wildman–Crippen MR) is 94.8 cm³/mol. The summed E-state index contributed by atoms with van der Waals surface area (Å²) < 4.78 is 0. The maximum Gasteiger partial charge on any atom is 0.317 e. The molecular formula is C19H29N3O2. The van der Waals surface area contributed by atoms with Crippen LogP contribution in [-0.2, 0) is 13.0 Å². The molecule has 0 bridgehead atoms. The van der Waals surface area contributed by atoms with E-state index in [-0.39, 0.29) is 18.2 Å². The molecule has 1 fully saturated rings. The molecule has 0 aromatic heterocycles. The smallest absolute Gasteiger partial charge is 0.317 e. The fraction of sp³-hybridized carbons (Fsp3) is 0.632. The Bertz CT molecular complexity index is 584. The largest absolute Gasteiger partial charge is 0.395 e. The molecule has 0 saturated heterocycles. The van der Waals surface area contributed by atoms with E-state index in [2.05, 4.69) is 48.3 Å². The number of carbonyl (C=O) groups is 1. The van der Waals surface area contributed by atoms with Crippen molar-refractivity contribution in [3.8, 4) is 0 Å². The molecule has 24 heavy (non-hydrogen) atoms. The third kappa shape index (κ3) is 3.90. The molecule has 5 heteroatoms. The molecule has 1 heterocycles.